The van der Waals surface area contributed by atoms with E-state index in [0.717, 1.165) is 30.6 Å². The van der Waals surface area contributed by atoms with Crippen LogP contribution in [0.25, 0.3) is 0 Å². The molecule has 120 valence electrons. The third-order valence-corrected chi connectivity index (χ3v) is 3.37. The summed E-state index contributed by atoms with van der Waals surface area (Å²) >= 11 is 0. The minimum absolute atomic E-state index is 0. The lowest BCUT2D eigenvalue weighted by Crippen LogP contribution is -2.35. The van der Waals surface area contributed by atoms with Crippen molar-refractivity contribution in [1.29, 1.82) is 0 Å². The van der Waals surface area contributed by atoms with Crippen molar-refractivity contribution in [1.82, 2.24) is 20.1 Å². The molecule has 1 aliphatic heterocycles. The molecule has 0 bridgehead atoms. The molecule has 3 rings (SSSR count). The number of amides is 1. The predicted molar refractivity (Wildman–Crippen MR) is 89.7 cm³/mol. The third-order valence-electron chi connectivity index (χ3n) is 3.37. The second-order valence-electron chi connectivity index (χ2n) is 4.92. The highest BCUT2D eigenvalue weighted by molar-refractivity contribution is 5.94. The van der Waals surface area contributed by atoms with E-state index in [-0.39, 0.29) is 36.8 Å². The van der Waals surface area contributed by atoms with Crippen LogP contribution in [0.1, 0.15) is 18.4 Å². The molecule has 0 saturated carbocycles. The quantitative estimate of drug-likeness (QED) is 0.888. The van der Waals surface area contributed by atoms with Gasteiger partial charge in [-0.3, -0.25) is 14.5 Å². The highest BCUT2D eigenvalue weighted by Crippen LogP contribution is 2.11. The maximum Gasteiger partial charge on any atom is 0.241 e. The van der Waals surface area contributed by atoms with Gasteiger partial charge in [-0.05, 0) is 37.1 Å². The monoisotopic (exact) mass is 343 g/mol. The van der Waals surface area contributed by atoms with Crippen LogP contribution in [0.5, 0.6) is 0 Å². The molecule has 2 N–H and O–H groups in total. The summed E-state index contributed by atoms with van der Waals surface area (Å²) in [4.78, 5) is 15.9. The molecule has 0 aliphatic carbocycles. The molecular weight excluding hydrogens is 325 g/mol. The van der Waals surface area contributed by atoms with Crippen LogP contribution in [0.15, 0.2) is 36.9 Å². The molecule has 6 nitrogen and oxygen atoms in total. The van der Waals surface area contributed by atoms with E-state index in [0.29, 0.717) is 6.54 Å². The highest BCUT2D eigenvalue weighted by atomic mass is 35.5. The minimum Gasteiger partial charge on any atom is -0.322 e. The van der Waals surface area contributed by atoms with Gasteiger partial charge in [0.1, 0.15) is 0 Å². The number of aromatic nitrogens is 3. The fourth-order valence-corrected chi connectivity index (χ4v) is 2.33. The Hall–Kier alpha value is -1.63. The number of pyridine rings is 1. The van der Waals surface area contributed by atoms with Crippen LogP contribution < -0.4 is 10.6 Å². The molecule has 0 radical (unpaired) electrons. The fraction of sp³-hybridized carbons (Fsp3) is 0.357. The standard InChI is InChI=1S/C14H17N5O.2ClH/c20-14(13-2-1-5-16-13)18-12-8-17-19(10-12)9-11-3-6-15-7-4-11;;/h3-4,6-8,10,13,16H,1-2,5,9H2,(H,18,20);2*1H/t13-;;/m0../s1. The summed E-state index contributed by atoms with van der Waals surface area (Å²) in [6, 6.07) is 3.82. The largest absolute Gasteiger partial charge is 0.322 e. The number of nitrogens with zero attached hydrogens (tertiary/aromatic N) is 3. The summed E-state index contributed by atoms with van der Waals surface area (Å²) in [5.74, 6) is 0.0194. The number of carbonyl (C=O) groups is 1. The lowest BCUT2D eigenvalue weighted by atomic mass is 10.2. The average Bonchev–Trinajstić information content (AvgIpc) is 3.11. The maximum absolute atomic E-state index is 12.0. The van der Waals surface area contributed by atoms with E-state index in [2.05, 4.69) is 20.7 Å². The van der Waals surface area contributed by atoms with Crippen molar-refractivity contribution < 1.29 is 4.79 Å². The minimum atomic E-state index is -0.0708. The fourth-order valence-electron chi connectivity index (χ4n) is 2.33. The van der Waals surface area contributed by atoms with Crippen LogP contribution in [-0.2, 0) is 11.3 Å². The molecule has 1 saturated heterocycles. The zero-order valence-electron chi connectivity index (χ0n) is 11.9. The summed E-state index contributed by atoms with van der Waals surface area (Å²) < 4.78 is 1.80. The van der Waals surface area contributed by atoms with Gasteiger partial charge in [-0.2, -0.15) is 5.10 Å². The number of halogens is 2. The van der Waals surface area contributed by atoms with Gasteiger partial charge in [0.25, 0.3) is 0 Å². The van der Waals surface area contributed by atoms with Crippen LogP contribution in [0.4, 0.5) is 5.69 Å². The Bertz CT molecular complexity index is 584. The first-order valence-electron chi connectivity index (χ1n) is 6.77. The lowest BCUT2D eigenvalue weighted by Gasteiger charge is -2.09. The van der Waals surface area contributed by atoms with E-state index in [4.69, 9.17) is 0 Å². The van der Waals surface area contributed by atoms with Crippen molar-refractivity contribution in [2.45, 2.75) is 25.4 Å². The Morgan fingerprint density at radius 2 is 2.14 bits per heavy atom. The molecule has 2 aromatic rings. The molecule has 3 heterocycles. The zero-order chi connectivity index (χ0) is 13.8. The molecule has 8 heteroatoms. The summed E-state index contributed by atoms with van der Waals surface area (Å²) in [6.07, 6.45) is 8.98. The first-order chi connectivity index (χ1) is 9.81. The van der Waals surface area contributed by atoms with E-state index in [1.54, 1.807) is 23.3 Å². The van der Waals surface area contributed by atoms with Crippen molar-refractivity contribution in [3.63, 3.8) is 0 Å². The Kier molecular flexibility index (Phi) is 7.31. The van der Waals surface area contributed by atoms with E-state index in [9.17, 15) is 4.79 Å². The highest BCUT2D eigenvalue weighted by Gasteiger charge is 2.22. The number of nitrogens with one attached hydrogen (secondary N) is 2. The van der Waals surface area contributed by atoms with Crippen LogP contribution in [-0.4, -0.2) is 33.3 Å². The topological polar surface area (TPSA) is 71.8 Å². The molecule has 1 atom stereocenters. The number of carbonyl (C=O) groups excluding carboxylic acids is 1. The molecule has 22 heavy (non-hydrogen) atoms. The molecule has 0 unspecified atom stereocenters. The van der Waals surface area contributed by atoms with Gasteiger partial charge in [0.05, 0.1) is 24.5 Å². The van der Waals surface area contributed by atoms with E-state index >= 15 is 0 Å². The van der Waals surface area contributed by atoms with Crippen molar-refractivity contribution in [3.05, 3.63) is 42.5 Å². The van der Waals surface area contributed by atoms with Crippen LogP contribution >= 0.6 is 24.8 Å². The first kappa shape index (κ1) is 18.4. The lowest BCUT2D eigenvalue weighted by molar-refractivity contribution is -0.117. The summed E-state index contributed by atoms with van der Waals surface area (Å²) in [5, 5.41) is 10.3. The summed E-state index contributed by atoms with van der Waals surface area (Å²) in [6.45, 7) is 1.58. The third kappa shape index (κ3) is 4.69. The Labute approximate surface area is 141 Å². The van der Waals surface area contributed by atoms with Crippen molar-refractivity contribution in [2.24, 2.45) is 0 Å². The number of anilines is 1. The second kappa shape index (κ2) is 8.73. The Balaban J connectivity index is 0.00000121. The molecule has 0 aromatic carbocycles. The number of hydrogen-bond acceptors (Lipinski definition) is 4. The first-order valence-corrected chi connectivity index (χ1v) is 6.77. The summed E-state index contributed by atoms with van der Waals surface area (Å²) in [7, 11) is 0. The average molecular weight is 344 g/mol. The van der Waals surface area contributed by atoms with Gasteiger partial charge in [0.15, 0.2) is 0 Å². The van der Waals surface area contributed by atoms with Gasteiger partial charge < -0.3 is 10.6 Å². The molecule has 1 fully saturated rings. The SMILES string of the molecule is Cl.Cl.O=C(Nc1cnn(Cc2ccncc2)c1)[C@@H]1CCCN1. The normalized spacial score (nSPS) is 16.5. The smallest absolute Gasteiger partial charge is 0.241 e. The van der Waals surface area contributed by atoms with Crippen molar-refractivity contribution >= 4 is 36.4 Å². The molecule has 1 aliphatic rings. The number of rotatable bonds is 4. The number of hydrogen-bond donors (Lipinski definition) is 2. The second-order valence-corrected chi connectivity index (χ2v) is 4.92. The van der Waals surface area contributed by atoms with Crippen molar-refractivity contribution in [2.75, 3.05) is 11.9 Å². The molecular formula is C14H19Cl2N5O. The molecule has 0 spiro atoms. The molecule has 2 aromatic heterocycles. The Morgan fingerprint density at radius 1 is 1.36 bits per heavy atom. The van der Waals surface area contributed by atoms with Gasteiger partial charge in [0.2, 0.25) is 5.91 Å². The maximum atomic E-state index is 12.0. The summed E-state index contributed by atoms with van der Waals surface area (Å²) in [5.41, 5.74) is 1.86. The van der Waals surface area contributed by atoms with Crippen molar-refractivity contribution in [3.8, 4) is 0 Å². The zero-order valence-corrected chi connectivity index (χ0v) is 13.6. The van der Waals surface area contributed by atoms with E-state index in [1.807, 2.05) is 18.3 Å². The van der Waals surface area contributed by atoms with E-state index < -0.39 is 0 Å². The van der Waals surface area contributed by atoms with Crippen LogP contribution in [0, 0.1) is 0 Å². The molecule has 1 amide bonds. The predicted octanol–water partition coefficient (Wildman–Crippen LogP) is 1.86. The Morgan fingerprint density at radius 3 is 2.82 bits per heavy atom. The van der Waals surface area contributed by atoms with Gasteiger partial charge in [-0.25, -0.2) is 0 Å². The van der Waals surface area contributed by atoms with Gasteiger partial charge in [-0.1, -0.05) is 0 Å². The van der Waals surface area contributed by atoms with E-state index in [1.165, 1.54) is 0 Å². The van der Waals surface area contributed by atoms with Crippen LogP contribution in [0.3, 0.4) is 0 Å². The van der Waals surface area contributed by atoms with Gasteiger partial charge >= 0.3 is 0 Å². The van der Waals surface area contributed by atoms with Gasteiger partial charge in [-0.15, -0.1) is 24.8 Å². The van der Waals surface area contributed by atoms with Crippen LogP contribution in [0.2, 0.25) is 0 Å². The van der Waals surface area contributed by atoms with Gasteiger partial charge in [0, 0.05) is 18.6 Å².